The van der Waals surface area contributed by atoms with Crippen molar-refractivity contribution < 1.29 is 14.3 Å². The summed E-state index contributed by atoms with van der Waals surface area (Å²) in [6.45, 7) is 5.24. The van der Waals surface area contributed by atoms with Crippen molar-refractivity contribution in [3.05, 3.63) is 27.5 Å². The van der Waals surface area contributed by atoms with E-state index in [4.69, 9.17) is 15.2 Å². The van der Waals surface area contributed by atoms with E-state index in [1.807, 2.05) is 12.1 Å². The van der Waals surface area contributed by atoms with Gasteiger partial charge in [0.05, 0.1) is 23.4 Å². The molecule has 1 aromatic carbocycles. The lowest BCUT2D eigenvalue weighted by molar-refractivity contribution is -0.115. The molecule has 1 fully saturated rings. The Morgan fingerprint density at radius 3 is 2.62 bits per heavy atom. The molecular weight excluding hydrogens is 521 g/mol. The summed E-state index contributed by atoms with van der Waals surface area (Å²) >= 11 is 2.20. The standard InChI is InChI=1S/C23H32IN5O3/c1-14(2)16-9-19(31-3)17(24)10-18(16)32-20-12-27-23(29-22(20)25)28-21(30)13-26-11-15-7-5-4-6-8-15/h9-10,12,14-15,26H,4-8,11,13H2,1-3H3,(H3,25,27,28,29,30). The third-order valence-electron chi connectivity index (χ3n) is 5.60. The lowest BCUT2D eigenvalue weighted by Gasteiger charge is -2.21. The van der Waals surface area contributed by atoms with Crippen LogP contribution in [0.25, 0.3) is 0 Å². The van der Waals surface area contributed by atoms with Gasteiger partial charge in [-0.15, -0.1) is 0 Å². The number of carbonyl (C=O) groups excluding carboxylic acids is 1. The van der Waals surface area contributed by atoms with E-state index >= 15 is 0 Å². The van der Waals surface area contributed by atoms with E-state index < -0.39 is 0 Å². The zero-order valence-corrected chi connectivity index (χ0v) is 21.1. The zero-order chi connectivity index (χ0) is 23.1. The molecule has 174 valence electrons. The predicted molar refractivity (Wildman–Crippen MR) is 134 cm³/mol. The van der Waals surface area contributed by atoms with Crippen LogP contribution in [0.3, 0.4) is 0 Å². The van der Waals surface area contributed by atoms with E-state index in [1.165, 1.54) is 38.3 Å². The smallest absolute Gasteiger partial charge is 0.240 e. The fourth-order valence-corrected chi connectivity index (χ4v) is 4.50. The van der Waals surface area contributed by atoms with Crippen LogP contribution in [0.15, 0.2) is 18.3 Å². The summed E-state index contributed by atoms with van der Waals surface area (Å²) in [6.07, 6.45) is 7.85. The number of anilines is 2. The van der Waals surface area contributed by atoms with E-state index in [2.05, 4.69) is 57.0 Å². The highest BCUT2D eigenvalue weighted by Crippen LogP contribution is 2.37. The molecule has 0 bridgehead atoms. The van der Waals surface area contributed by atoms with Crippen molar-refractivity contribution >= 4 is 40.3 Å². The number of nitrogens with zero attached hydrogens (tertiary/aromatic N) is 2. The normalized spacial score (nSPS) is 14.4. The summed E-state index contributed by atoms with van der Waals surface area (Å²) in [5.41, 5.74) is 7.08. The van der Waals surface area contributed by atoms with Gasteiger partial charge in [0.1, 0.15) is 11.5 Å². The van der Waals surface area contributed by atoms with Crippen molar-refractivity contribution in [2.24, 2.45) is 5.92 Å². The van der Waals surface area contributed by atoms with E-state index in [9.17, 15) is 4.79 Å². The van der Waals surface area contributed by atoms with Crippen molar-refractivity contribution in [2.45, 2.75) is 51.9 Å². The average Bonchev–Trinajstić information content (AvgIpc) is 2.76. The molecule has 0 unspecified atom stereocenters. The Balaban J connectivity index is 1.60. The van der Waals surface area contributed by atoms with Crippen molar-refractivity contribution in [3.8, 4) is 17.2 Å². The molecule has 0 spiro atoms. The number of nitrogens with two attached hydrogens (primary N) is 1. The summed E-state index contributed by atoms with van der Waals surface area (Å²) in [5.74, 6) is 2.81. The monoisotopic (exact) mass is 553 g/mol. The van der Waals surface area contributed by atoms with E-state index in [0.29, 0.717) is 17.4 Å². The predicted octanol–water partition coefficient (Wildman–Crippen LogP) is 4.70. The van der Waals surface area contributed by atoms with Crippen molar-refractivity contribution in [2.75, 3.05) is 31.2 Å². The minimum absolute atomic E-state index is 0.158. The Labute approximate surface area is 203 Å². The highest BCUT2D eigenvalue weighted by atomic mass is 127. The van der Waals surface area contributed by atoms with E-state index in [-0.39, 0.29) is 30.1 Å². The van der Waals surface area contributed by atoms with Gasteiger partial charge in [0, 0.05) is 5.56 Å². The summed E-state index contributed by atoms with van der Waals surface area (Å²) in [5, 5.41) is 5.92. The van der Waals surface area contributed by atoms with Crippen LogP contribution in [0, 0.1) is 9.49 Å². The van der Waals surface area contributed by atoms with Gasteiger partial charge in [-0.1, -0.05) is 33.1 Å². The molecule has 32 heavy (non-hydrogen) atoms. The third-order valence-corrected chi connectivity index (χ3v) is 6.45. The zero-order valence-electron chi connectivity index (χ0n) is 18.9. The minimum atomic E-state index is -0.194. The number of nitrogens with one attached hydrogen (secondary N) is 2. The lowest BCUT2D eigenvalue weighted by Crippen LogP contribution is -2.32. The van der Waals surface area contributed by atoms with Crippen LogP contribution in [0.5, 0.6) is 17.2 Å². The molecule has 1 heterocycles. The molecule has 1 aliphatic carbocycles. The number of rotatable bonds is 9. The van der Waals surface area contributed by atoms with Gasteiger partial charge in [-0.05, 0) is 65.9 Å². The molecular formula is C23H32IN5O3. The fourth-order valence-electron chi connectivity index (χ4n) is 3.84. The number of nitrogen functional groups attached to an aromatic ring is 1. The van der Waals surface area contributed by atoms with Gasteiger partial charge in [-0.3, -0.25) is 10.1 Å². The first-order valence-electron chi connectivity index (χ1n) is 11.1. The fraction of sp³-hybridized carbons (Fsp3) is 0.522. The SMILES string of the molecule is COc1cc(C(C)C)c(Oc2cnc(NC(=O)CNCC3CCCCC3)nc2N)cc1I. The molecule has 3 rings (SSSR count). The Kier molecular flexibility index (Phi) is 8.92. The lowest BCUT2D eigenvalue weighted by atomic mass is 9.89. The summed E-state index contributed by atoms with van der Waals surface area (Å²) < 4.78 is 12.4. The molecule has 9 heteroatoms. The first-order valence-corrected chi connectivity index (χ1v) is 12.1. The van der Waals surface area contributed by atoms with Crippen LogP contribution in [0.1, 0.15) is 57.4 Å². The van der Waals surface area contributed by atoms with Gasteiger partial charge >= 0.3 is 0 Å². The van der Waals surface area contributed by atoms with Crippen LogP contribution in [-0.4, -0.2) is 36.1 Å². The molecule has 1 aromatic heterocycles. The molecule has 0 radical (unpaired) electrons. The number of amides is 1. The van der Waals surface area contributed by atoms with E-state index in [0.717, 1.165) is 21.4 Å². The molecule has 1 amide bonds. The maximum atomic E-state index is 12.2. The Hall–Kier alpha value is -2.14. The number of halogens is 1. The highest BCUT2D eigenvalue weighted by molar-refractivity contribution is 14.1. The first-order chi connectivity index (χ1) is 15.4. The average molecular weight is 553 g/mol. The summed E-state index contributed by atoms with van der Waals surface area (Å²) in [4.78, 5) is 20.6. The van der Waals surface area contributed by atoms with Crippen LogP contribution < -0.4 is 25.8 Å². The molecule has 1 aliphatic rings. The minimum Gasteiger partial charge on any atom is -0.496 e. The van der Waals surface area contributed by atoms with Gasteiger partial charge in [0.25, 0.3) is 0 Å². The van der Waals surface area contributed by atoms with Gasteiger partial charge in [0.2, 0.25) is 11.9 Å². The number of carbonyl (C=O) groups is 1. The summed E-state index contributed by atoms with van der Waals surface area (Å²) in [6, 6.07) is 3.87. The first kappa shape index (κ1) is 24.5. The van der Waals surface area contributed by atoms with Crippen molar-refractivity contribution in [1.82, 2.24) is 15.3 Å². The van der Waals surface area contributed by atoms with E-state index in [1.54, 1.807) is 7.11 Å². The largest absolute Gasteiger partial charge is 0.496 e. The maximum Gasteiger partial charge on any atom is 0.240 e. The van der Waals surface area contributed by atoms with Crippen LogP contribution in [0.2, 0.25) is 0 Å². The van der Waals surface area contributed by atoms with Gasteiger partial charge in [-0.2, -0.15) is 4.98 Å². The quantitative estimate of drug-likeness (QED) is 0.386. The molecule has 4 N–H and O–H groups in total. The second kappa shape index (κ2) is 11.6. The second-order valence-electron chi connectivity index (χ2n) is 8.41. The third kappa shape index (κ3) is 6.68. The Morgan fingerprint density at radius 1 is 1.22 bits per heavy atom. The Bertz CT molecular complexity index is 932. The maximum absolute atomic E-state index is 12.2. The Morgan fingerprint density at radius 2 is 1.97 bits per heavy atom. The molecule has 0 saturated heterocycles. The molecule has 2 aromatic rings. The molecule has 1 saturated carbocycles. The number of ether oxygens (including phenoxy) is 2. The number of aromatic nitrogens is 2. The van der Waals surface area contributed by atoms with Crippen LogP contribution in [0.4, 0.5) is 11.8 Å². The number of hydrogen-bond donors (Lipinski definition) is 3. The van der Waals surface area contributed by atoms with Crippen LogP contribution in [-0.2, 0) is 4.79 Å². The number of hydrogen-bond acceptors (Lipinski definition) is 7. The van der Waals surface area contributed by atoms with Crippen molar-refractivity contribution in [1.29, 1.82) is 0 Å². The summed E-state index contributed by atoms with van der Waals surface area (Å²) in [7, 11) is 1.65. The molecule has 0 atom stereocenters. The topological polar surface area (TPSA) is 111 Å². The highest BCUT2D eigenvalue weighted by Gasteiger charge is 2.17. The van der Waals surface area contributed by atoms with Gasteiger partial charge in [0.15, 0.2) is 11.6 Å². The number of benzene rings is 1. The molecule has 8 nitrogen and oxygen atoms in total. The van der Waals surface area contributed by atoms with Gasteiger partial charge < -0.3 is 20.5 Å². The van der Waals surface area contributed by atoms with Crippen LogP contribution >= 0.6 is 22.6 Å². The molecule has 0 aliphatic heterocycles. The second-order valence-corrected chi connectivity index (χ2v) is 9.57. The van der Waals surface area contributed by atoms with Crippen molar-refractivity contribution in [3.63, 3.8) is 0 Å². The van der Waals surface area contributed by atoms with Gasteiger partial charge in [-0.25, -0.2) is 4.98 Å². The number of methoxy groups -OCH3 is 1.